The van der Waals surface area contributed by atoms with E-state index in [1.807, 2.05) is 29.2 Å². The molecule has 1 unspecified atom stereocenters. The molecule has 1 amide bonds. The molecular weight excluding hydrogens is 296 g/mol. The van der Waals surface area contributed by atoms with Crippen molar-refractivity contribution in [2.24, 2.45) is 5.92 Å². The maximum atomic E-state index is 12.4. The summed E-state index contributed by atoms with van der Waals surface area (Å²) in [4.78, 5) is 14.4. The van der Waals surface area contributed by atoms with Gasteiger partial charge in [-0.15, -0.1) is 0 Å². The number of hydrogen-bond acceptors (Lipinski definition) is 2. The molecule has 2 aliphatic rings. The first kappa shape index (κ1) is 15.6. The van der Waals surface area contributed by atoms with Crippen LogP contribution in [0.25, 0.3) is 6.08 Å². The Morgan fingerprint density at radius 1 is 1.18 bits per heavy atom. The predicted octanol–water partition coefficient (Wildman–Crippen LogP) is 3.34. The standard InChI is InChI=1S/C18H23ClN2O/c19-16-7-5-14(6-8-16)3-4-15-9-12-21(13-10-15)18(22)17-2-1-11-20-17/h3-8,15,17,20H,1-2,9-13H2. The quantitative estimate of drug-likeness (QED) is 0.927. The number of benzene rings is 1. The van der Waals surface area contributed by atoms with Crippen LogP contribution in [0.15, 0.2) is 30.3 Å². The first-order valence-corrected chi connectivity index (χ1v) is 8.56. The Bertz CT molecular complexity index is 527. The summed E-state index contributed by atoms with van der Waals surface area (Å²) in [6, 6.07) is 7.96. The summed E-state index contributed by atoms with van der Waals surface area (Å²) >= 11 is 5.89. The minimum Gasteiger partial charge on any atom is -0.341 e. The van der Waals surface area contributed by atoms with E-state index in [1.54, 1.807) is 0 Å². The maximum absolute atomic E-state index is 12.4. The van der Waals surface area contributed by atoms with Gasteiger partial charge >= 0.3 is 0 Å². The third-order valence-corrected chi connectivity index (χ3v) is 4.89. The average Bonchev–Trinajstić information content (AvgIpc) is 3.09. The van der Waals surface area contributed by atoms with Crippen molar-refractivity contribution in [3.63, 3.8) is 0 Å². The summed E-state index contributed by atoms with van der Waals surface area (Å²) in [5.74, 6) is 0.869. The lowest BCUT2D eigenvalue weighted by molar-refractivity contribution is -0.134. The highest BCUT2D eigenvalue weighted by atomic mass is 35.5. The van der Waals surface area contributed by atoms with Gasteiger partial charge in [-0.25, -0.2) is 0 Å². The van der Waals surface area contributed by atoms with Crippen LogP contribution in [0.4, 0.5) is 0 Å². The number of piperidine rings is 1. The molecule has 1 N–H and O–H groups in total. The molecule has 2 heterocycles. The number of likely N-dealkylation sites (tertiary alicyclic amines) is 1. The molecule has 3 nitrogen and oxygen atoms in total. The van der Waals surface area contributed by atoms with Crippen molar-refractivity contribution in [1.29, 1.82) is 0 Å². The van der Waals surface area contributed by atoms with E-state index >= 15 is 0 Å². The number of allylic oxidation sites excluding steroid dienone is 1. The summed E-state index contributed by atoms with van der Waals surface area (Å²) in [5.41, 5.74) is 1.18. The Morgan fingerprint density at radius 3 is 2.55 bits per heavy atom. The van der Waals surface area contributed by atoms with Crippen molar-refractivity contribution < 1.29 is 4.79 Å². The molecule has 0 radical (unpaired) electrons. The van der Waals surface area contributed by atoms with Crippen LogP contribution in [0.2, 0.25) is 5.02 Å². The second-order valence-corrected chi connectivity index (χ2v) is 6.66. The van der Waals surface area contributed by atoms with E-state index < -0.39 is 0 Å². The lowest BCUT2D eigenvalue weighted by atomic mass is 9.95. The second kappa shape index (κ2) is 7.30. The van der Waals surface area contributed by atoms with Gasteiger partial charge in [-0.05, 0) is 55.8 Å². The fourth-order valence-corrected chi connectivity index (χ4v) is 3.38. The number of amides is 1. The largest absolute Gasteiger partial charge is 0.341 e. The molecule has 2 aliphatic heterocycles. The fraction of sp³-hybridized carbons (Fsp3) is 0.500. The van der Waals surface area contributed by atoms with Gasteiger partial charge in [0.25, 0.3) is 0 Å². The molecule has 1 aromatic rings. The number of nitrogens with one attached hydrogen (secondary N) is 1. The predicted molar refractivity (Wildman–Crippen MR) is 90.8 cm³/mol. The van der Waals surface area contributed by atoms with Crippen LogP contribution in [0, 0.1) is 5.92 Å². The Kier molecular flexibility index (Phi) is 5.16. The van der Waals surface area contributed by atoms with Crippen molar-refractivity contribution >= 4 is 23.6 Å². The fourth-order valence-electron chi connectivity index (χ4n) is 3.25. The molecule has 22 heavy (non-hydrogen) atoms. The van der Waals surface area contributed by atoms with Crippen molar-refractivity contribution in [3.8, 4) is 0 Å². The van der Waals surface area contributed by atoms with Crippen LogP contribution in [-0.2, 0) is 4.79 Å². The van der Waals surface area contributed by atoms with Crippen molar-refractivity contribution in [3.05, 3.63) is 40.9 Å². The first-order valence-electron chi connectivity index (χ1n) is 8.18. The monoisotopic (exact) mass is 318 g/mol. The van der Waals surface area contributed by atoms with Crippen LogP contribution in [-0.4, -0.2) is 36.5 Å². The summed E-state index contributed by atoms with van der Waals surface area (Å²) in [6.07, 6.45) is 8.67. The Balaban J connectivity index is 1.49. The van der Waals surface area contributed by atoms with Gasteiger partial charge in [0.2, 0.25) is 5.91 Å². The van der Waals surface area contributed by atoms with Gasteiger partial charge in [0, 0.05) is 18.1 Å². The zero-order valence-corrected chi connectivity index (χ0v) is 13.6. The highest BCUT2D eigenvalue weighted by Gasteiger charge is 2.29. The summed E-state index contributed by atoms with van der Waals surface area (Å²) in [5, 5.41) is 4.07. The molecular formula is C18H23ClN2O. The summed E-state index contributed by atoms with van der Waals surface area (Å²) < 4.78 is 0. The Morgan fingerprint density at radius 2 is 1.91 bits per heavy atom. The molecule has 0 aliphatic carbocycles. The van der Waals surface area contributed by atoms with E-state index in [0.717, 1.165) is 50.3 Å². The minimum absolute atomic E-state index is 0.0705. The zero-order chi connectivity index (χ0) is 15.4. The van der Waals surface area contributed by atoms with E-state index in [2.05, 4.69) is 17.5 Å². The van der Waals surface area contributed by atoms with Gasteiger partial charge in [0.1, 0.15) is 0 Å². The van der Waals surface area contributed by atoms with Crippen LogP contribution >= 0.6 is 11.6 Å². The molecule has 3 rings (SSSR count). The maximum Gasteiger partial charge on any atom is 0.239 e. The topological polar surface area (TPSA) is 32.3 Å². The zero-order valence-electron chi connectivity index (χ0n) is 12.8. The number of carbonyl (C=O) groups is 1. The number of carbonyl (C=O) groups excluding carboxylic acids is 1. The first-order chi connectivity index (χ1) is 10.7. The molecule has 118 valence electrons. The van der Waals surface area contributed by atoms with E-state index in [4.69, 9.17) is 11.6 Å². The van der Waals surface area contributed by atoms with Gasteiger partial charge < -0.3 is 10.2 Å². The average molecular weight is 319 g/mol. The van der Waals surface area contributed by atoms with Crippen molar-refractivity contribution in [1.82, 2.24) is 10.2 Å². The van der Waals surface area contributed by atoms with Gasteiger partial charge in [-0.2, -0.15) is 0 Å². The number of nitrogens with zero attached hydrogens (tertiary/aromatic N) is 1. The lowest BCUT2D eigenvalue weighted by Crippen LogP contribution is -2.46. The second-order valence-electron chi connectivity index (χ2n) is 6.22. The van der Waals surface area contributed by atoms with Gasteiger partial charge in [-0.3, -0.25) is 4.79 Å². The summed E-state index contributed by atoms with van der Waals surface area (Å²) in [7, 11) is 0. The van der Waals surface area contributed by atoms with Gasteiger partial charge in [-0.1, -0.05) is 35.9 Å². The van der Waals surface area contributed by atoms with Crippen LogP contribution in [0.3, 0.4) is 0 Å². The third-order valence-electron chi connectivity index (χ3n) is 4.64. The molecule has 0 aromatic heterocycles. The Hall–Kier alpha value is -1.32. The molecule has 4 heteroatoms. The smallest absolute Gasteiger partial charge is 0.239 e. The Labute approximate surface area is 137 Å². The third kappa shape index (κ3) is 3.90. The van der Waals surface area contributed by atoms with Crippen molar-refractivity contribution in [2.75, 3.05) is 19.6 Å². The number of halogens is 1. The van der Waals surface area contributed by atoms with Crippen LogP contribution < -0.4 is 5.32 Å². The van der Waals surface area contributed by atoms with E-state index in [-0.39, 0.29) is 6.04 Å². The highest BCUT2D eigenvalue weighted by molar-refractivity contribution is 6.30. The SMILES string of the molecule is O=C(C1CCCN1)N1CCC(C=Cc2ccc(Cl)cc2)CC1. The van der Waals surface area contributed by atoms with E-state index in [9.17, 15) is 4.79 Å². The molecule has 1 atom stereocenters. The molecule has 0 saturated carbocycles. The highest BCUT2D eigenvalue weighted by Crippen LogP contribution is 2.21. The van der Waals surface area contributed by atoms with Crippen LogP contribution in [0.1, 0.15) is 31.2 Å². The van der Waals surface area contributed by atoms with Gasteiger partial charge in [0.05, 0.1) is 6.04 Å². The number of hydrogen-bond donors (Lipinski definition) is 1. The normalized spacial score (nSPS) is 23.3. The lowest BCUT2D eigenvalue weighted by Gasteiger charge is -2.32. The van der Waals surface area contributed by atoms with Gasteiger partial charge in [0.15, 0.2) is 0 Å². The molecule has 0 bridgehead atoms. The van der Waals surface area contributed by atoms with Crippen molar-refractivity contribution in [2.45, 2.75) is 31.7 Å². The number of rotatable bonds is 3. The molecule has 2 fully saturated rings. The summed E-state index contributed by atoms with van der Waals surface area (Å²) in [6.45, 7) is 2.75. The minimum atomic E-state index is 0.0705. The molecule has 2 saturated heterocycles. The van der Waals surface area contributed by atoms with Crippen LogP contribution in [0.5, 0.6) is 0 Å². The molecule has 0 spiro atoms. The van der Waals surface area contributed by atoms with E-state index in [1.165, 1.54) is 5.56 Å². The van der Waals surface area contributed by atoms with E-state index in [0.29, 0.717) is 11.8 Å². The molecule has 1 aromatic carbocycles.